The van der Waals surface area contributed by atoms with Crippen LogP contribution in [0.25, 0.3) is 0 Å². The van der Waals surface area contributed by atoms with Crippen molar-refractivity contribution < 1.29 is 8.78 Å². The first kappa shape index (κ1) is 13.5. The Morgan fingerprint density at radius 3 is 2.78 bits per heavy atom. The van der Waals surface area contributed by atoms with E-state index in [0.717, 1.165) is 5.56 Å². The van der Waals surface area contributed by atoms with Crippen LogP contribution in [-0.4, -0.2) is 10.5 Å². The molecule has 2 rings (SSSR count). The molecule has 102 valence electrons. The maximum atomic E-state index is 13.1. The predicted molar refractivity (Wildman–Crippen MR) is 68.5 cm³/mol. The van der Waals surface area contributed by atoms with E-state index >= 15 is 0 Å². The lowest BCUT2D eigenvalue weighted by Gasteiger charge is -2.14. The molecule has 18 heavy (non-hydrogen) atoms. The fraction of sp³-hybridized carbons (Fsp3) is 0.714. The van der Waals surface area contributed by atoms with E-state index in [4.69, 9.17) is 5.73 Å². The molecule has 0 saturated heterocycles. The lowest BCUT2D eigenvalue weighted by molar-refractivity contribution is 0.00437. The minimum absolute atomic E-state index is 0.0243. The van der Waals surface area contributed by atoms with Crippen LogP contribution < -0.4 is 5.73 Å². The molecule has 4 heteroatoms. The van der Waals surface area contributed by atoms with Crippen LogP contribution in [0.4, 0.5) is 8.78 Å². The number of nitrogens with zero attached hydrogens (tertiary/aromatic N) is 1. The zero-order valence-corrected chi connectivity index (χ0v) is 11.1. The summed E-state index contributed by atoms with van der Waals surface area (Å²) < 4.78 is 28.2. The number of aromatic nitrogens is 1. The van der Waals surface area contributed by atoms with Crippen molar-refractivity contribution >= 4 is 0 Å². The summed E-state index contributed by atoms with van der Waals surface area (Å²) in [7, 11) is 0. The van der Waals surface area contributed by atoms with Crippen molar-refractivity contribution in [2.24, 2.45) is 17.6 Å². The second-order valence-electron chi connectivity index (χ2n) is 5.88. The molecule has 0 aromatic carbocycles. The van der Waals surface area contributed by atoms with Crippen LogP contribution in [0, 0.1) is 11.8 Å². The molecule has 1 aliphatic rings. The average Bonchev–Trinajstić information content (AvgIpc) is 2.85. The number of alkyl halides is 2. The molecule has 1 aromatic heterocycles. The van der Waals surface area contributed by atoms with Crippen molar-refractivity contribution in [3.63, 3.8) is 0 Å². The number of hydrogen-bond donors (Lipinski definition) is 1. The molecular weight excluding hydrogens is 234 g/mol. The van der Waals surface area contributed by atoms with Crippen molar-refractivity contribution in [1.29, 1.82) is 0 Å². The number of hydrogen-bond acceptors (Lipinski definition) is 1. The van der Waals surface area contributed by atoms with Gasteiger partial charge in [0.05, 0.1) is 0 Å². The maximum absolute atomic E-state index is 13.1. The van der Waals surface area contributed by atoms with Crippen LogP contribution in [0.3, 0.4) is 0 Å². The van der Waals surface area contributed by atoms with Gasteiger partial charge in [0.15, 0.2) is 0 Å². The Morgan fingerprint density at radius 2 is 2.22 bits per heavy atom. The van der Waals surface area contributed by atoms with Gasteiger partial charge in [0.2, 0.25) is 5.92 Å². The second kappa shape index (κ2) is 5.00. The van der Waals surface area contributed by atoms with Gasteiger partial charge in [0, 0.05) is 37.8 Å². The number of rotatable bonds is 4. The Balaban J connectivity index is 1.95. The van der Waals surface area contributed by atoms with Gasteiger partial charge in [-0.2, -0.15) is 0 Å². The van der Waals surface area contributed by atoms with E-state index in [1.54, 1.807) is 0 Å². The van der Waals surface area contributed by atoms with Gasteiger partial charge in [-0.1, -0.05) is 13.8 Å². The quantitative estimate of drug-likeness (QED) is 0.877. The third kappa shape index (κ3) is 3.10. The van der Waals surface area contributed by atoms with Gasteiger partial charge < -0.3 is 10.3 Å². The highest BCUT2D eigenvalue weighted by atomic mass is 19.3. The van der Waals surface area contributed by atoms with Crippen molar-refractivity contribution in [3.05, 3.63) is 24.0 Å². The Labute approximate surface area is 107 Å². The molecule has 0 radical (unpaired) electrons. The summed E-state index contributed by atoms with van der Waals surface area (Å²) >= 11 is 0. The molecule has 2 atom stereocenters. The van der Waals surface area contributed by atoms with Gasteiger partial charge in [-0.3, -0.25) is 0 Å². The first-order valence-corrected chi connectivity index (χ1v) is 6.66. The van der Waals surface area contributed by atoms with Crippen LogP contribution in [0.1, 0.15) is 44.7 Å². The minimum Gasteiger partial charge on any atom is -0.354 e. The van der Waals surface area contributed by atoms with Crippen LogP contribution >= 0.6 is 0 Å². The number of halogens is 2. The average molecular weight is 256 g/mol. The SMILES string of the molecule is CC(C)C(N)c1ccn(CC2CCC(F)(F)C2)c1. The van der Waals surface area contributed by atoms with E-state index in [1.165, 1.54) is 0 Å². The Morgan fingerprint density at radius 1 is 1.50 bits per heavy atom. The van der Waals surface area contributed by atoms with Gasteiger partial charge in [-0.15, -0.1) is 0 Å². The van der Waals surface area contributed by atoms with Gasteiger partial charge in [0.1, 0.15) is 0 Å². The monoisotopic (exact) mass is 256 g/mol. The van der Waals surface area contributed by atoms with Gasteiger partial charge in [-0.25, -0.2) is 8.78 Å². The fourth-order valence-corrected chi connectivity index (χ4v) is 2.65. The summed E-state index contributed by atoms with van der Waals surface area (Å²) in [6, 6.07) is 2.02. The Kier molecular flexibility index (Phi) is 3.76. The predicted octanol–water partition coefficient (Wildman–Crippen LogP) is 3.58. The summed E-state index contributed by atoms with van der Waals surface area (Å²) in [6.45, 7) is 4.85. The largest absolute Gasteiger partial charge is 0.354 e. The molecule has 2 nitrogen and oxygen atoms in total. The summed E-state index contributed by atoms with van der Waals surface area (Å²) in [5.41, 5.74) is 7.16. The van der Waals surface area contributed by atoms with E-state index in [0.29, 0.717) is 18.9 Å². The Hall–Kier alpha value is -0.900. The minimum atomic E-state index is -2.45. The molecule has 1 heterocycles. The molecule has 0 bridgehead atoms. The van der Waals surface area contributed by atoms with E-state index < -0.39 is 5.92 Å². The molecule has 1 aliphatic carbocycles. The smallest absolute Gasteiger partial charge is 0.248 e. The van der Waals surface area contributed by atoms with E-state index in [-0.39, 0.29) is 24.8 Å². The molecule has 0 amide bonds. The normalized spacial score (nSPS) is 24.7. The molecule has 1 saturated carbocycles. The van der Waals surface area contributed by atoms with Crippen LogP contribution in [0.2, 0.25) is 0 Å². The van der Waals surface area contributed by atoms with E-state index in [1.807, 2.05) is 23.0 Å². The zero-order valence-electron chi connectivity index (χ0n) is 11.1. The summed E-state index contributed by atoms with van der Waals surface area (Å²) in [5, 5.41) is 0. The number of nitrogens with two attached hydrogens (primary N) is 1. The highest BCUT2D eigenvalue weighted by molar-refractivity contribution is 5.15. The molecule has 1 aromatic rings. The van der Waals surface area contributed by atoms with E-state index in [2.05, 4.69) is 13.8 Å². The van der Waals surface area contributed by atoms with E-state index in [9.17, 15) is 8.78 Å². The molecule has 0 aliphatic heterocycles. The molecule has 0 spiro atoms. The van der Waals surface area contributed by atoms with Crippen molar-refractivity contribution in [2.75, 3.05) is 0 Å². The van der Waals surface area contributed by atoms with Crippen molar-refractivity contribution in [1.82, 2.24) is 4.57 Å². The van der Waals surface area contributed by atoms with Crippen LogP contribution in [-0.2, 0) is 6.54 Å². The fourth-order valence-electron chi connectivity index (χ4n) is 2.65. The lowest BCUT2D eigenvalue weighted by atomic mass is 10.00. The van der Waals surface area contributed by atoms with Crippen molar-refractivity contribution in [3.8, 4) is 0 Å². The molecule has 1 fully saturated rings. The highest BCUT2D eigenvalue weighted by Gasteiger charge is 2.39. The van der Waals surface area contributed by atoms with Gasteiger partial charge in [0.25, 0.3) is 0 Å². The molecular formula is C14H22F2N2. The lowest BCUT2D eigenvalue weighted by Crippen LogP contribution is -2.16. The maximum Gasteiger partial charge on any atom is 0.248 e. The standard InChI is InChI=1S/C14H22F2N2/c1-10(2)13(17)12-4-6-18(9-12)8-11-3-5-14(15,16)7-11/h4,6,9-11,13H,3,5,7-8,17H2,1-2H3. The third-order valence-corrected chi connectivity index (χ3v) is 3.85. The topological polar surface area (TPSA) is 30.9 Å². The molecule has 2 unspecified atom stereocenters. The third-order valence-electron chi connectivity index (χ3n) is 3.85. The summed E-state index contributed by atoms with van der Waals surface area (Å²) in [6.07, 6.45) is 4.64. The summed E-state index contributed by atoms with van der Waals surface area (Å²) in [5.74, 6) is -1.97. The second-order valence-corrected chi connectivity index (χ2v) is 5.88. The zero-order chi connectivity index (χ0) is 13.3. The summed E-state index contributed by atoms with van der Waals surface area (Å²) in [4.78, 5) is 0. The van der Waals surface area contributed by atoms with Crippen LogP contribution in [0.5, 0.6) is 0 Å². The van der Waals surface area contributed by atoms with Gasteiger partial charge >= 0.3 is 0 Å². The highest BCUT2D eigenvalue weighted by Crippen LogP contribution is 2.39. The van der Waals surface area contributed by atoms with Gasteiger partial charge in [-0.05, 0) is 29.9 Å². The Bertz CT molecular complexity index is 398. The first-order valence-electron chi connectivity index (χ1n) is 6.66. The van der Waals surface area contributed by atoms with Crippen molar-refractivity contribution in [2.45, 2.75) is 51.6 Å². The molecule has 2 N–H and O–H groups in total. The van der Waals surface area contributed by atoms with Crippen LogP contribution in [0.15, 0.2) is 18.5 Å². The first-order chi connectivity index (χ1) is 8.37.